The van der Waals surface area contributed by atoms with E-state index < -0.39 is 0 Å². The van der Waals surface area contributed by atoms with Gasteiger partial charge in [0.2, 0.25) is 0 Å². The lowest BCUT2D eigenvalue weighted by Crippen LogP contribution is -2.43. The summed E-state index contributed by atoms with van der Waals surface area (Å²) in [5.74, 6) is 2.06. The third-order valence-corrected chi connectivity index (χ3v) is 8.23. The number of morpholine rings is 2. The van der Waals surface area contributed by atoms with E-state index in [9.17, 15) is 0 Å². The van der Waals surface area contributed by atoms with Crippen LogP contribution in [0.15, 0.2) is 30.3 Å². The number of benzene rings is 1. The van der Waals surface area contributed by atoms with Crippen LogP contribution in [0.4, 0.5) is 5.82 Å². The molecule has 0 saturated carbocycles. The molecule has 174 valence electrons. The largest absolute Gasteiger partial charge is 0.379 e. The van der Waals surface area contributed by atoms with Crippen LogP contribution < -0.4 is 4.90 Å². The third kappa shape index (κ3) is 4.39. The van der Waals surface area contributed by atoms with Gasteiger partial charge in [-0.25, -0.2) is 9.97 Å². The zero-order valence-corrected chi connectivity index (χ0v) is 20.1. The number of nitrogens with zero attached hydrogens (tertiary/aromatic N) is 4. The van der Waals surface area contributed by atoms with Crippen molar-refractivity contribution in [3.05, 3.63) is 52.2 Å². The standard InChI is InChI=1S/C26H32N4O2S/c1-18-15-30(16-21(32-18)19-7-3-2-4-8-19)25-24-20-9-5-6-10-22(20)33-26(24)28-23(27-25)17-29-11-13-31-14-12-29/h2-4,7-8,18,21H,5-6,9-17H2,1H3. The average Bonchev–Trinajstić information content (AvgIpc) is 3.23. The van der Waals surface area contributed by atoms with Gasteiger partial charge in [-0.3, -0.25) is 4.90 Å². The maximum atomic E-state index is 6.38. The summed E-state index contributed by atoms with van der Waals surface area (Å²) >= 11 is 1.90. The number of hydrogen-bond acceptors (Lipinski definition) is 7. The van der Waals surface area contributed by atoms with Gasteiger partial charge >= 0.3 is 0 Å². The van der Waals surface area contributed by atoms with Crippen molar-refractivity contribution in [2.45, 2.75) is 51.4 Å². The van der Waals surface area contributed by atoms with E-state index in [1.165, 1.54) is 45.5 Å². The van der Waals surface area contributed by atoms with E-state index in [1.807, 2.05) is 11.3 Å². The fourth-order valence-electron chi connectivity index (χ4n) is 5.42. The Morgan fingerprint density at radius 3 is 2.70 bits per heavy atom. The van der Waals surface area contributed by atoms with Crippen molar-refractivity contribution in [1.82, 2.24) is 14.9 Å². The second-order valence-electron chi connectivity index (χ2n) is 9.49. The van der Waals surface area contributed by atoms with Gasteiger partial charge in [-0.2, -0.15) is 0 Å². The number of aryl methyl sites for hydroxylation is 2. The van der Waals surface area contributed by atoms with Crippen LogP contribution in [-0.4, -0.2) is 60.4 Å². The van der Waals surface area contributed by atoms with Crippen LogP contribution in [-0.2, 0) is 28.9 Å². The number of aromatic nitrogens is 2. The van der Waals surface area contributed by atoms with Crippen LogP contribution >= 0.6 is 11.3 Å². The summed E-state index contributed by atoms with van der Waals surface area (Å²) in [7, 11) is 0. The van der Waals surface area contributed by atoms with E-state index in [-0.39, 0.29) is 12.2 Å². The van der Waals surface area contributed by atoms with Crippen molar-refractivity contribution in [2.75, 3.05) is 44.3 Å². The maximum absolute atomic E-state index is 6.38. The van der Waals surface area contributed by atoms with Crippen LogP contribution in [0.2, 0.25) is 0 Å². The first-order chi connectivity index (χ1) is 16.2. The molecule has 0 radical (unpaired) electrons. The molecule has 3 aromatic rings. The molecule has 0 amide bonds. The smallest absolute Gasteiger partial charge is 0.146 e. The van der Waals surface area contributed by atoms with Crippen LogP contribution in [0.1, 0.15) is 47.7 Å². The predicted octanol–water partition coefficient (Wildman–Crippen LogP) is 4.37. The normalized spacial score (nSPS) is 24.2. The van der Waals surface area contributed by atoms with Crippen molar-refractivity contribution in [2.24, 2.45) is 0 Å². The van der Waals surface area contributed by atoms with Crippen molar-refractivity contribution in [3.8, 4) is 0 Å². The highest BCUT2D eigenvalue weighted by Gasteiger charge is 2.31. The molecular weight excluding hydrogens is 432 g/mol. The minimum absolute atomic E-state index is 0.0529. The summed E-state index contributed by atoms with van der Waals surface area (Å²) < 4.78 is 11.9. The van der Waals surface area contributed by atoms with Gasteiger partial charge in [0.1, 0.15) is 22.6 Å². The number of rotatable bonds is 4. The van der Waals surface area contributed by atoms with Gasteiger partial charge in [0.15, 0.2) is 0 Å². The number of thiophene rings is 1. The van der Waals surface area contributed by atoms with Crippen molar-refractivity contribution in [3.63, 3.8) is 0 Å². The Morgan fingerprint density at radius 2 is 1.85 bits per heavy atom. The van der Waals surface area contributed by atoms with Gasteiger partial charge in [-0.05, 0) is 43.7 Å². The number of ether oxygens (including phenoxy) is 2. The zero-order chi connectivity index (χ0) is 22.2. The Labute approximate surface area is 199 Å². The first-order valence-corrected chi connectivity index (χ1v) is 13.1. The summed E-state index contributed by atoms with van der Waals surface area (Å²) in [6.45, 7) is 8.13. The fraction of sp³-hybridized carbons (Fsp3) is 0.538. The summed E-state index contributed by atoms with van der Waals surface area (Å²) in [6, 6.07) is 10.6. The van der Waals surface area contributed by atoms with Gasteiger partial charge < -0.3 is 14.4 Å². The lowest BCUT2D eigenvalue weighted by molar-refractivity contribution is -0.0175. The second kappa shape index (κ2) is 9.29. The molecule has 3 aliphatic rings. The van der Waals surface area contributed by atoms with Gasteiger partial charge in [0, 0.05) is 31.1 Å². The lowest BCUT2D eigenvalue weighted by atomic mass is 9.96. The zero-order valence-electron chi connectivity index (χ0n) is 19.3. The fourth-order valence-corrected chi connectivity index (χ4v) is 6.69. The van der Waals surface area contributed by atoms with Crippen LogP contribution in [0.5, 0.6) is 0 Å². The molecule has 7 heteroatoms. The minimum Gasteiger partial charge on any atom is -0.379 e. The van der Waals surface area contributed by atoms with E-state index in [4.69, 9.17) is 19.4 Å². The number of fused-ring (bicyclic) bond motifs is 3. The molecule has 2 aromatic heterocycles. The Kier molecular flexibility index (Phi) is 6.05. The quantitative estimate of drug-likeness (QED) is 0.572. The third-order valence-electron chi connectivity index (χ3n) is 7.04. The summed E-state index contributed by atoms with van der Waals surface area (Å²) in [5.41, 5.74) is 2.74. The van der Waals surface area contributed by atoms with Gasteiger partial charge in [-0.1, -0.05) is 30.3 Å². The highest BCUT2D eigenvalue weighted by Crippen LogP contribution is 2.41. The van der Waals surface area contributed by atoms with Gasteiger partial charge in [0.05, 0.1) is 31.2 Å². The molecule has 1 aliphatic carbocycles. The molecular formula is C26H32N4O2S. The number of anilines is 1. The summed E-state index contributed by atoms with van der Waals surface area (Å²) in [4.78, 5) is 17.9. The molecule has 6 rings (SSSR count). The van der Waals surface area contributed by atoms with Gasteiger partial charge in [-0.15, -0.1) is 11.3 Å². The molecule has 2 saturated heterocycles. The van der Waals surface area contributed by atoms with Crippen molar-refractivity contribution in [1.29, 1.82) is 0 Å². The second-order valence-corrected chi connectivity index (χ2v) is 10.6. The Bertz CT molecular complexity index is 1110. The Hall–Kier alpha value is -2.06. The Morgan fingerprint density at radius 1 is 1.03 bits per heavy atom. The lowest BCUT2D eigenvalue weighted by Gasteiger charge is -2.38. The van der Waals surface area contributed by atoms with E-state index in [1.54, 1.807) is 0 Å². The monoisotopic (exact) mass is 464 g/mol. The maximum Gasteiger partial charge on any atom is 0.146 e. The van der Waals surface area contributed by atoms with Crippen molar-refractivity contribution >= 4 is 27.4 Å². The molecule has 0 spiro atoms. The highest BCUT2D eigenvalue weighted by atomic mass is 32.1. The van der Waals surface area contributed by atoms with E-state index in [0.29, 0.717) is 0 Å². The molecule has 0 bridgehead atoms. The van der Waals surface area contributed by atoms with Crippen LogP contribution in [0.25, 0.3) is 10.2 Å². The summed E-state index contributed by atoms with van der Waals surface area (Å²) in [5, 5.41) is 1.31. The predicted molar refractivity (Wildman–Crippen MR) is 132 cm³/mol. The molecule has 4 heterocycles. The van der Waals surface area contributed by atoms with E-state index in [0.717, 1.165) is 64.0 Å². The minimum atomic E-state index is 0.0529. The molecule has 1 aromatic carbocycles. The number of hydrogen-bond donors (Lipinski definition) is 0. The van der Waals surface area contributed by atoms with Crippen LogP contribution in [0.3, 0.4) is 0 Å². The highest BCUT2D eigenvalue weighted by molar-refractivity contribution is 7.19. The SMILES string of the molecule is CC1CN(c2nc(CN3CCOCC3)nc3sc4c(c23)CCCC4)CC(c2ccccc2)O1. The van der Waals surface area contributed by atoms with Gasteiger partial charge in [0.25, 0.3) is 0 Å². The van der Waals surface area contributed by atoms with Crippen LogP contribution in [0, 0.1) is 0 Å². The molecule has 2 aliphatic heterocycles. The average molecular weight is 465 g/mol. The molecule has 33 heavy (non-hydrogen) atoms. The molecule has 2 fully saturated rings. The van der Waals surface area contributed by atoms with E-state index in [2.05, 4.69) is 47.1 Å². The molecule has 2 unspecified atom stereocenters. The topological polar surface area (TPSA) is 50.7 Å². The summed E-state index contributed by atoms with van der Waals surface area (Å²) in [6.07, 6.45) is 5.08. The molecule has 6 nitrogen and oxygen atoms in total. The molecule has 2 atom stereocenters. The van der Waals surface area contributed by atoms with Crippen molar-refractivity contribution < 1.29 is 9.47 Å². The van der Waals surface area contributed by atoms with E-state index >= 15 is 0 Å². The first-order valence-electron chi connectivity index (χ1n) is 12.3. The molecule has 0 N–H and O–H groups in total. The Balaban J connectivity index is 1.40. The first kappa shape index (κ1) is 21.5.